The van der Waals surface area contributed by atoms with Gasteiger partial charge in [0, 0.05) is 5.56 Å². The molecule has 0 aromatic heterocycles. The molecule has 1 aliphatic rings. The van der Waals surface area contributed by atoms with Crippen LogP contribution in [0.5, 0.6) is 5.75 Å². The minimum absolute atomic E-state index is 0.0165. The zero-order chi connectivity index (χ0) is 20.6. The van der Waals surface area contributed by atoms with Gasteiger partial charge >= 0.3 is 0 Å². The summed E-state index contributed by atoms with van der Waals surface area (Å²) in [4.78, 5) is 24.4. The fourth-order valence-corrected chi connectivity index (χ4v) is 3.16. The van der Waals surface area contributed by atoms with Gasteiger partial charge in [-0.05, 0) is 34.7 Å². The molecule has 0 spiro atoms. The summed E-state index contributed by atoms with van der Waals surface area (Å²) >= 11 is 0. The summed E-state index contributed by atoms with van der Waals surface area (Å²) in [7, 11) is 1.33. The molecule has 28 heavy (non-hydrogen) atoms. The lowest BCUT2D eigenvalue weighted by Gasteiger charge is -2.20. The van der Waals surface area contributed by atoms with Crippen molar-refractivity contribution in [2.24, 2.45) is 0 Å². The summed E-state index contributed by atoms with van der Waals surface area (Å²) in [5.41, 5.74) is 1.70. The molecule has 5 nitrogen and oxygen atoms in total. The van der Waals surface area contributed by atoms with Gasteiger partial charge in [-0.25, -0.2) is 4.39 Å². The van der Waals surface area contributed by atoms with E-state index < -0.39 is 29.3 Å². The lowest BCUT2D eigenvalue weighted by Crippen LogP contribution is -2.21. The molecule has 2 N–H and O–H groups in total. The molecule has 1 fully saturated rings. The molecule has 0 saturated carbocycles. The third-order valence-corrected chi connectivity index (χ3v) is 4.81. The van der Waals surface area contributed by atoms with E-state index in [1.165, 1.54) is 19.2 Å². The minimum Gasteiger partial charge on any atom is -0.507 e. The van der Waals surface area contributed by atoms with Gasteiger partial charge in [0.15, 0.2) is 11.6 Å². The minimum atomic E-state index is -0.835. The van der Waals surface area contributed by atoms with Crippen LogP contribution in [0.3, 0.4) is 0 Å². The van der Waals surface area contributed by atoms with Crippen molar-refractivity contribution in [3.05, 3.63) is 70.5 Å². The number of nitrogens with one attached hydrogen (secondary N) is 1. The van der Waals surface area contributed by atoms with Gasteiger partial charge in [0.05, 0.1) is 18.7 Å². The molecule has 2 aromatic rings. The topological polar surface area (TPSA) is 75.6 Å². The van der Waals surface area contributed by atoms with E-state index in [1.807, 2.05) is 24.3 Å². The molecule has 3 rings (SSSR count). The van der Waals surface area contributed by atoms with Crippen molar-refractivity contribution in [1.82, 2.24) is 5.32 Å². The van der Waals surface area contributed by atoms with Gasteiger partial charge in [-0.3, -0.25) is 9.59 Å². The van der Waals surface area contributed by atoms with E-state index in [-0.39, 0.29) is 22.3 Å². The smallest absolute Gasteiger partial charge is 0.293 e. The highest BCUT2D eigenvalue weighted by Gasteiger charge is 2.39. The molecule has 1 unspecified atom stereocenters. The molecule has 2 aromatic carbocycles. The molecule has 1 amide bonds. The van der Waals surface area contributed by atoms with Crippen molar-refractivity contribution >= 4 is 17.4 Å². The molecular weight excluding hydrogens is 361 g/mol. The second-order valence-corrected chi connectivity index (χ2v) is 7.72. The standard InChI is InChI=1S/C22H22FNO4/c1-22(2,3)14-8-5-12(6-9-14)18-17(20(26)21(27)24-18)19(25)13-7-10-16(28-4)15(23)11-13/h5-11,18,25H,1-4H3,(H,24,27)/b19-17+. The second-order valence-electron chi connectivity index (χ2n) is 7.72. The number of amides is 1. The summed E-state index contributed by atoms with van der Waals surface area (Å²) in [6.07, 6.45) is 0. The van der Waals surface area contributed by atoms with E-state index in [9.17, 15) is 19.1 Å². The van der Waals surface area contributed by atoms with Gasteiger partial charge in [0.2, 0.25) is 0 Å². The molecule has 1 aliphatic heterocycles. The van der Waals surface area contributed by atoms with Crippen molar-refractivity contribution in [3.8, 4) is 5.75 Å². The van der Waals surface area contributed by atoms with E-state index in [0.717, 1.165) is 11.6 Å². The second kappa shape index (κ2) is 7.11. The first-order valence-electron chi connectivity index (χ1n) is 8.86. The zero-order valence-electron chi connectivity index (χ0n) is 16.2. The Hall–Kier alpha value is -3.15. The molecule has 1 atom stereocenters. The van der Waals surface area contributed by atoms with Crippen molar-refractivity contribution in [3.63, 3.8) is 0 Å². The average molecular weight is 383 g/mol. The number of ether oxygens (including phenoxy) is 1. The van der Waals surface area contributed by atoms with Crippen LogP contribution >= 0.6 is 0 Å². The molecule has 146 valence electrons. The van der Waals surface area contributed by atoms with Gasteiger partial charge in [0.1, 0.15) is 5.76 Å². The first-order valence-corrected chi connectivity index (χ1v) is 8.86. The predicted octanol–water partition coefficient (Wildman–Crippen LogP) is 3.84. The third kappa shape index (κ3) is 3.50. The highest BCUT2D eigenvalue weighted by Crippen LogP contribution is 2.34. The van der Waals surface area contributed by atoms with Crippen molar-refractivity contribution in [2.45, 2.75) is 32.2 Å². The molecule has 0 aliphatic carbocycles. The number of hydrogen-bond donors (Lipinski definition) is 2. The Bertz CT molecular complexity index is 971. The van der Waals surface area contributed by atoms with E-state index >= 15 is 0 Å². The number of methoxy groups -OCH3 is 1. The van der Waals surface area contributed by atoms with E-state index in [4.69, 9.17) is 4.74 Å². The van der Waals surface area contributed by atoms with Gasteiger partial charge in [-0.2, -0.15) is 0 Å². The largest absolute Gasteiger partial charge is 0.507 e. The maximum Gasteiger partial charge on any atom is 0.293 e. The summed E-state index contributed by atoms with van der Waals surface area (Å²) in [5.74, 6) is -2.74. The number of carbonyl (C=O) groups is 2. The quantitative estimate of drug-likeness (QED) is 0.480. The maximum atomic E-state index is 14.0. The van der Waals surface area contributed by atoms with E-state index in [2.05, 4.69) is 26.1 Å². The van der Waals surface area contributed by atoms with Crippen molar-refractivity contribution < 1.29 is 23.8 Å². The van der Waals surface area contributed by atoms with E-state index in [1.54, 1.807) is 0 Å². The number of carbonyl (C=O) groups excluding carboxylic acids is 2. The molecule has 1 saturated heterocycles. The fraction of sp³-hybridized carbons (Fsp3) is 0.273. The van der Waals surface area contributed by atoms with Crippen molar-refractivity contribution in [1.29, 1.82) is 0 Å². The summed E-state index contributed by atoms with van der Waals surface area (Å²) in [6.45, 7) is 6.24. The molecule has 0 radical (unpaired) electrons. The van der Waals surface area contributed by atoms with Crippen molar-refractivity contribution in [2.75, 3.05) is 7.11 Å². The van der Waals surface area contributed by atoms with Crippen LogP contribution in [0.4, 0.5) is 4.39 Å². The number of benzene rings is 2. The zero-order valence-corrected chi connectivity index (χ0v) is 16.2. The molecular formula is C22H22FNO4. The first-order chi connectivity index (χ1) is 13.1. The fourth-order valence-electron chi connectivity index (χ4n) is 3.16. The van der Waals surface area contributed by atoms with Crippen LogP contribution < -0.4 is 10.1 Å². The van der Waals surface area contributed by atoms with Crippen LogP contribution in [0, 0.1) is 5.82 Å². The van der Waals surface area contributed by atoms with Gasteiger partial charge in [-0.15, -0.1) is 0 Å². The van der Waals surface area contributed by atoms with Gasteiger partial charge < -0.3 is 15.2 Å². The Balaban J connectivity index is 2.06. The Labute approximate surface area is 162 Å². The van der Waals surface area contributed by atoms with Crippen LogP contribution in [0.1, 0.15) is 43.5 Å². The number of ketones is 1. The Morgan fingerprint density at radius 2 is 1.75 bits per heavy atom. The number of aliphatic hydroxyl groups excluding tert-OH is 1. The predicted molar refractivity (Wildman–Crippen MR) is 104 cm³/mol. The van der Waals surface area contributed by atoms with Gasteiger partial charge in [-0.1, -0.05) is 45.0 Å². The highest BCUT2D eigenvalue weighted by molar-refractivity contribution is 6.46. The molecule has 0 bridgehead atoms. The Morgan fingerprint density at radius 3 is 2.29 bits per heavy atom. The summed E-state index contributed by atoms with van der Waals surface area (Å²) < 4.78 is 18.9. The maximum absolute atomic E-state index is 14.0. The van der Waals surface area contributed by atoms with Crippen LogP contribution in [0.2, 0.25) is 0 Å². The summed E-state index contributed by atoms with van der Waals surface area (Å²) in [6, 6.07) is 10.5. The molecule has 1 heterocycles. The number of Topliss-reactive ketones (excluding diaryl/α,β-unsaturated/α-hetero) is 1. The van der Waals surface area contributed by atoms with Gasteiger partial charge in [0.25, 0.3) is 11.7 Å². The molecule has 6 heteroatoms. The normalized spacial score (nSPS) is 18.8. The van der Waals surface area contributed by atoms with E-state index in [0.29, 0.717) is 5.56 Å². The number of rotatable bonds is 3. The SMILES string of the molecule is COc1ccc(/C(O)=C2\C(=O)C(=O)NC2c2ccc(C(C)(C)C)cc2)cc1F. The Morgan fingerprint density at radius 1 is 1.11 bits per heavy atom. The number of aliphatic hydroxyl groups is 1. The van der Waals surface area contributed by atoms with Crippen LogP contribution in [0.25, 0.3) is 5.76 Å². The monoisotopic (exact) mass is 383 g/mol. The van der Waals surface area contributed by atoms with Crippen LogP contribution in [-0.2, 0) is 15.0 Å². The summed E-state index contributed by atoms with van der Waals surface area (Å²) in [5, 5.41) is 13.3. The lowest BCUT2D eigenvalue weighted by molar-refractivity contribution is -0.133. The third-order valence-electron chi connectivity index (χ3n) is 4.81. The van der Waals surface area contributed by atoms with Crippen LogP contribution in [0.15, 0.2) is 48.0 Å². The lowest BCUT2D eigenvalue weighted by atomic mass is 9.85. The van der Waals surface area contributed by atoms with Crippen LogP contribution in [-0.4, -0.2) is 23.9 Å². The number of halogens is 1. The average Bonchev–Trinajstić information content (AvgIpc) is 2.95. The highest BCUT2D eigenvalue weighted by atomic mass is 19.1. The Kier molecular flexibility index (Phi) is 4.98. The number of hydrogen-bond acceptors (Lipinski definition) is 4. The first kappa shape index (κ1) is 19.6.